The van der Waals surface area contributed by atoms with Gasteiger partial charge < -0.3 is 38.6 Å². The average Bonchev–Trinajstić information content (AvgIpc) is 3.07. The fourth-order valence-electron chi connectivity index (χ4n) is 10.7. The van der Waals surface area contributed by atoms with Crippen LogP contribution in [0.5, 0.6) is 0 Å². The van der Waals surface area contributed by atoms with Crippen molar-refractivity contribution in [3.63, 3.8) is 0 Å². The maximum atomic E-state index is 14.2. The third-order valence-corrected chi connectivity index (χ3v) is 13.1. The molecule has 2 N–H and O–H groups in total. The molecule has 1 aromatic rings. The van der Waals surface area contributed by atoms with Gasteiger partial charge in [-0.2, -0.15) is 0 Å². The summed E-state index contributed by atoms with van der Waals surface area (Å²) >= 11 is 0. The van der Waals surface area contributed by atoms with Crippen LogP contribution in [-0.2, 0) is 38.0 Å². The number of aliphatic hydroxyl groups excluding tert-OH is 1. The minimum Gasteiger partial charge on any atom is -0.456 e. The molecule has 286 valence electrons. The first-order valence-corrected chi connectivity index (χ1v) is 18.7. The monoisotopic (exact) mass is 724 g/mol. The molecular formula is C41H56O11. The van der Waals surface area contributed by atoms with Gasteiger partial charge in [-0.25, -0.2) is 9.59 Å². The number of rotatable bonds is 9. The summed E-state index contributed by atoms with van der Waals surface area (Å²) in [5.41, 5.74) is -3.58. The Kier molecular flexibility index (Phi) is 10.1. The van der Waals surface area contributed by atoms with E-state index in [1.54, 1.807) is 36.4 Å². The molecule has 1 aromatic carbocycles. The van der Waals surface area contributed by atoms with Gasteiger partial charge in [-0.1, -0.05) is 78.8 Å². The van der Waals surface area contributed by atoms with Gasteiger partial charge in [-0.3, -0.25) is 4.79 Å². The number of ether oxygens (including phenoxy) is 6. The molecular weight excluding hydrogens is 668 g/mol. The minimum absolute atomic E-state index is 0.00613. The van der Waals surface area contributed by atoms with Gasteiger partial charge in [-0.05, 0) is 49.0 Å². The van der Waals surface area contributed by atoms with Crippen LogP contribution in [-0.4, -0.2) is 88.8 Å². The van der Waals surface area contributed by atoms with E-state index in [-0.39, 0.29) is 30.4 Å². The van der Waals surface area contributed by atoms with Gasteiger partial charge in [0.15, 0.2) is 18.0 Å². The Morgan fingerprint density at radius 2 is 1.73 bits per heavy atom. The Morgan fingerprint density at radius 1 is 1.06 bits per heavy atom. The van der Waals surface area contributed by atoms with E-state index < -0.39 is 94.7 Å². The molecule has 52 heavy (non-hydrogen) atoms. The van der Waals surface area contributed by atoms with E-state index in [9.17, 15) is 24.6 Å². The van der Waals surface area contributed by atoms with Gasteiger partial charge in [0.2, 0.25) is 0 Å². The topological polar surface area (TPSA) is 147 Å². The van der Waals surface area contributed by atoms with E-state index >= 15 is 0 Å². The third kappa shape index (κ3) is 5.86. The van der Waals surface area contributed by atoms with Crippen molar-refractivity contribution in [3.8, 4) is 0 Å². The fourth-order valence-corrected chi connectivity index (χ4v) is 10.7. The van der Waals surface area contributed by atoms with Gasteiger partial charge in [0.1, 0.15) is 23.9 Å². The van der Waals surface area contributed by atoms with Crippen LogP contribution in [0.2, 0.25) is 0 Å². The molecule has 2 bridgehead atoms. The van der Waals surface area contributed by atoms with Gasteiger partial charge in [0.05, 0.1) is 30.3 Å². The second kappa shape index (κ2) is 13.6. The Balaban J connectivity index is 1.58. The molecule has 11 heteroatoms. The lowest BCUT2D eigenvalue weighted by Crippen LogP contribution is -2.83. The summed E-state index contributed by atoms with van der Waals surface area (Å²) in [7, 11) is 0. The second-order valence-corrected chi connectivity index (χ2v) is 17.0. The molecule has 3 aliphatic carbocycles. The Bertz CT molecular complexity index is 1600. The number of hydrogen-bond acceptors (Lipinski definition) is 11. The number of fused-ring (bicyclic) bond motifs is 4. The molecule has 0 amide bonds. The third-order valence-electron chi connectivity index (χ3n) is 13.1. The minimum atomic E-state index is -1.91. The summed E-state index contributed by atoms with van der Waals surface area (Å²) in [5.74, 6) is -3.45. The molecule has 6 rings (SSSR count). The summed E-state index contributed by atoms with van der Waals surface area (Å²) in [6.07, 6.45) is -3.90. The van der Waals surface area contributed by atoms with Crippen molar-refractivity contribution in [1.82, 2.24) is 0 Å². The van der Waals surface area contributed by atoms with Crippen LogP contribution in [0.15, 0.2) is 54.1 Å². The zero-order chi connectivity index (χ0) is 38.1. The van der Waals surface area contributed by atoms with Crippen LogP contribution < -0.4 is 0 Å². The van der Waals surface area contributed by atoms with E-state index in [0.717, 1.165) is 11.1 Å². The molecule has 2 saturated heterocycles. The summed E-state index contributed by atoms with van der Waals surface area (Å²) in [6, 6.07) is 8.51. The molecule has 5 aliphatic rings. The molecule has 4 fully saturated rings. The van der Waals surface area contributed by atoms with E-state index in [2.05, 4.69) is 6.58 Å². The standard InChI is InChI=1S/C41H56O11/c1-11-30-49-28-18-29-40(20-47-29,52-25(7)42)33-35(51-36(44)26-15-13-12-14-16-26)41(46)19-27(48-37(45)32(43)22(4)17-21(2)3)23(5)31(38(41,8)9)24(6)34(50-30)39(28,33)10/h11-16,21-22,24,27-30,32-35,43,46H,1,17-20H2,2-10H3/t22-,24+,27-,28-,29+,30-,32+,33-,34-,35-,39+,40-,41+/m0/s1. The fraction of sp³-hybridized carbons (Fsp3) is 0.683. The van der Waals surface area contributed by atoms with Crippen molar-refractivity contribution in [2.24, 2.45) is 34.5 Å². The zero-order valence-electron chi connectivity index (χ0n) is 31.9. The number of aliphatic hydroxyl groups is 2. The SMILES string of the molecule is C=C[C@H]1O[C@H]2C[C@H]3OC[C@@]3(OC(C)=O)[C@H]3[C@H](OC(=O)c4ccccc4)[C@]4(O)C[C@H](OC(=O)[C@H](O)[C@@H](C)CC(C)C)C(C)=C([C@@H](C)[C@H](O1)[C@]23C)C4(C)C. The Morgan fingerprint density at radius 3 is 2.31 bits per heavy atom. The van der Waals surface area contributed by atoms with E-state index in [0.29, 0.717) is 12.8 Å². The lowest BCUT2D eigenvalue weighted by atomic mass is 9.43. The highest BCUT2D eigenvalue weighted by atomic mass is 16.7. The predicted molar refractivity (Wildman–Crippen MR) is 190 cm³/mol. The summed E-state index contributed by atoms with van der Waals surface area (Å²) in [5, 5.41) is 24.7. The molecule has 11 nitrogen and oxygen atoms in total. The van der Waals surface area contributed by atoms with Crippen molar-refractivity contribution < 1.29 is 53.0 Å². The number of esters is 3. The quantitative estimate of drug-likeness (QED) is 0.194. The average molecular weight is 725 g/mol. The number of carbonyl (C=O) groups is 3. The first-order chi connectivity index (χ1) is 24.3. The van der Waals surface area contributed by atoms with Crippen LogP contribution in [0.3, 0.4) is 0 Å². The van der Waals surface area contributed by atoms with Crippen molar-refractivity contribution in [3.05, 3.63) is 59.7 Å². The van der Waals surface area contributed by atoms with Crippen LogP contribution in [0.25, 0.3) is 0 Å². The van der Waals surface area contributed by atoms with E-state index in [1.165, 1.54) is 6.92 Å². The van der Waals surface area contributed by atoms with Crippen LogP contribution in [0, 0.1) is 34.5 Å². The van der Waals surface area contributed by atoms with Crippen LogP contribution >= 0.6 is 0 Å². The highest BCUT2D eigenvalue weighted by Gasteiger charge is 2.79. The molecule has 2 aliphatic heterocycles. The molecule has 0 radical (unpaired) electrons. The van der Waals surface area contributed by atoms with E-state index in [4.69, 9.17) is 28.4 Å². The maximum absolute atomic E-state index is 14.2. The summed E-state index contributed by atoms with van der Waals surface area (Å²) in [4.78, 5) is 40.9. The summed E-state index contributed by atoms with van der Waals surface area (Å²) in [6.45, 7) is 20.9. The van der Waals surface area contributed by atoms with Gasteiger partial charge in [0, 0.05) is 36.5 Å². The maximum Gasteiger partial charge on any atom is 0.338 e. The van der Waals surface area contributed by atoms with Gasteiger partial charge in [0.25, 0.3) is 0 Å². The van der Waals surface area contributed by atoms with Gasteiger partial charge in [-0.15, -0.1) is 0 Å². The molecule has 0 spiro atoms. The Hall–Kier alpha value is -3.09. The first kappa shape index (κ1) is 38.6. The van der Waals surface area contributed by atoms with Crippen molar-refractivity contribution in [1.29, 1.82) is 0 Å². The van der Waals surface area contributed by atoms with Crippen molar-refractivity contribution >= 4 is 17.9 Å². The van der Waals surface area contributed by atoms with Crippen LogP contribution in [0.4, 0.5) is 0 Å². The highest BCUT2D eigenvalue weighted by molar-refractivity contribution is 5.89. The molecule has 0 aromatic heterocycles. The van der Waals surface area contributed by atoms with Crippen molar-refractivity contribution in [2.45, 2.75) is 136 Å². The summed E-state index contributed by atoms with van der Waals surface area (Å²) < 4.78 is 38.6. The van der Waals surface area contributed by atoms with Gasteiger partial charge >= 0.3 is 17.9 Å². The second-order valence-electron chi connectivity index (χ2n) is 17.0. The Labute approximate surface area is 307 Å². The normalized spacial score (nSPS) is 40.1. The van der Waals surface area contributed by atoms with E-state index in [1.807, 2.05) is 55.4 Å². The number of hydrogen-bond donors (Lipinski definition) is 2. The lowest BCUT2D eigenvalue weighted by Gasteiger charge is -2.71. The highest BCUT2D eigenvalue weighted by Crippen LogP contribution is 2.68. The largest absolute Gasteiger partial charge is 0.456 e. The van der Waals surface area contributed by atoms with Crippen molar-refractivity contribution in [2.75, 3.05) is 6.61 Å². The first-order valence-electron chi connectivity index (χ1n) is 18.7. The molecule has 2 saturated carbocycles. The molecule has 0 unspecified atom stereocenters. The number of carbonyl (C=O) groups excluding carboxylic acids is 3. The number of benzene rings is 1. The predicted octanol–water partition coefficient (Wildman–Crippen LogP) is 5.32. The molecule has 13 atom stereocenters. The zero-order valence-corrected chi connectivity index (χ0v) is 31.9. The smallest absolute Gasteiger partial charge is 0.338 e. The lowest BCUT2D eigenvalue weighted by molar-refractivity contribution is -0.403. The molecule has 2 heterocycles. The van der Waals surface area contributed by atoms with Crippen LogP contribution in [0.1, 0.15) is 91.9 Å².